The lowest BCUT2D eigenvalue weighted by Crippen LogP contribution is -2.06. The molecule has 2 rings (SSSR count). The van der Waals surface area contributed by atoms with E-state index >= 15 is 0 Å². The molecule has 0 aliphatic heterocycles. The van der Waals surface area contributed by atoms with Gasteiger partial charge in [0.05, 0.1) is 5.56 Å². The number of hydrogen-bond acceptors (Lipinski definition) is 1. The molecule has 20 heavy (non-hydrogen) atoms. The molecule has 0 aromatic heterocycles. The summed E-state index contributed by atoms with van der Waals surface area (Å²) >= 11 is 3.11. The number of benzene rings is 2. The van der Waals surface area contributed by atoms with Crippen LogP contribution in [0, 0.1) is 5.82 Å². The van der Waals surface area contributed by atoms with Gasteiger partial charge in [-0.1, -0.05) is 34.1 Å². The van der Waals surface area contributed by atoms with E-state index in [1.54, 1.807) is 0 Å². The number of rotatable bonds is 2. The van der Waals surface area contributed by atoms with Crippen molar-refractivity contribution in [3.63, 3.8) is 0 Å². The fourth-order valence-electron chi connectivity index (χ4n) is 1.76. The highest BCUT2D eigenvalue weighted by Crippen LogP contribution is 2.32. The number of hydrogen-bond donors (Lipinski definition) is 1. The highest BCUT2D eigenvalue weighted by atomic mass is 79.9. The Kier molecular flexibility index (Phi) is 4.15. The second-order valence-corrected chi connectivity index (χ2v) is 5.04. The van der Waals surface area contributed by atoms with Crippen molar-refractivity contribution in [2.45, 2.75) is 12.3 Å². The van der Waals surface area contributed by atoms with E-state index in [4.69, 9.17) is 0 Å². The minimum atomic E-state index is -4.42. The summed E-state index contributed by atoms with van der Waals surface area (Å²) in [5, 5.41) is 10.1. The average Bonchev–Trinajstić information content (AvgIpc) is 2.37. The largest absolute Gasteiger partial charge is 0.416 e. The molecule has 0 amide bonds. The topological polar surface area (TPSA) is 20.2 Å². The molecule has 0 saturated carbocycles. The van der Waals surface area contributed by atoms with Crippen molar-refractivity contribution >= 4 is 15.9 Å². The van der Waals surface area contributed by atoms with E-state index in [9.17, 15) is 22.7 Å². The van der Waals surface area contributed by atoms with Crippen LogP contribution < -0.4 is 0 Å². The van der Waals surface area contributed by atoms with Crippen molar-refractivity contribution in [2.75, 3.05) is 0 Å². The number of alkyl halides is 3. The van der Waals surface area contributed by atoms with Gasteiger partial charge in [-0.2, -0.15) is 13.2 Å². The maximum Gasteiger partial charge on any atom is 0.416 e. The van der Waals surface area contributed by atoms with Crippen LogP contribution in [-0.2, 0) is 6.18 Å². The highest BCUT2D eigenvalue weighted by Gasteiger charge is 2.30. The Bertz CT molecular complexity index is 608. The summed E-state index contributed by atoms with van der Waals surface area (Å²) in [5.41, 5.74) is -0.108. The molecule has 2 aromatic carbocycles. The second kappa shape index (κ2) is 5.54. The summed E-state index contributed by atoms with van der Waals surface area (Å²) in [7, 11) is 0. The lowest BCUT2D eigenvalue weighted by molar-refractivity contribution is -0.137. The summed E-state index contributed by atoms with van der Waals surface area (Å²) in [6.07, 6.45) is -5.55. The summed E-state index contributed by atoms with van der Waals surface area (Å²) < 4.78 is 50.6. The van der Waals surface area contributed by atoms with Crippen LogP contribution in [0.5, 0.6) is 0 Å². The van der Waals surface area contributed by atoms with Gasteiger partial charge < -0.3 is 5.11 Å². The molecule has 1 nitrogen and oxygen atoms in total. The molecule has 0 radical (unpaired) electrons. The van der Waals surface area contributed by atoms with Crippen LogP contribution in [0.25, 0.3) is 0 Å². The van der Waals surface area contributed by atoms with Gasteiger partial charge in [0.1, 0.15) is 11.9 Å². The first-order valence-corrected chi connectivity index (χ1v) is 6.38. The summed E-state index contributed by atoms with van der Waals surface area (Å²) in [6.45, 7) is 0. The van der Waals surface area contributed by atoms with Crippen molar-refractivity contribution in [1.29, 1.82) is 0 Å². The van der Waals surface area contributed by atoms with Gasteiger partial charge in [0, 0.05) is 4.47 Å². The van der Waals surface area contributed by atoms with Crippen LogP contribution in [0.3, 0.4) is 0 Å². The van der Waals surface area contributed by atoms with Crippen LogP contribution in [0.1, 0.15) is 22.8 Å². The van der Waals surface area contributed by atoms with Crippen molar-refractivity contribution in [3.8, 4) is 0 Å². The number of aliphatic hydroxyl groups excluding tert-OH is 1. The minimum Gasteiger partial charge on any atom is -0.384 e. The maximum absolute atomic E-state index is 13.0. The Balaban J connectivity index is 2.31. The van der Waals surface area contributed by atoms with Gasteiger partial charge in [-0.05, 0) is 35.4 Å². The first-order valence-electron chi connectivity index (χ1n) is 5.59. The van der Waals surface area contributed by atoms with Crippen LogP contribution in [0.2, 0.25) is 0 Å². The van der Waals surface area contributed by atoms with E-state index < -0.39 is 23.7 Å². The first-order chi connectivity index (χ1) is 9.29. The molecule has 1 unspecified atom stereocenters. The quantitative estimate of drug-likeness (QED) is 0.780. The Morgan fingerprint density at radius 1 is 1.00 bits per heavy atom. The molecule has 0 heterocycles. The highest BCUT2D eigenvalue weighted by molar-refractivity contribution is 9.10. The molecule has 0 saturated heterocycles. The molecule has 0 fully saturated rings. The molecule has 0 spiro atoms. The molecular formula is C14H9BrF4O. The van der Waals surface area contributed by atoms with E-state index in [-0.39, 0.29) is 0 Å². The molecular weight excluding hydrogens is 340 g/mol. The van der Waals surface area contributed by atoms with Crippen LogP contribution in [0.15, 0.2) is 46.9 Å². The van der Waals surface area contributed by atoms with Crippen LogP contribution in [0.4, 0.5) is 17.6 Å². The Morgan fingerprint density at radius 2 is 1.60 bits per heavy atom. The van der Waals surface area contributed by atoms with E-state index in [1.165, 1.54) is 30.3 Å². The number of halogens is 5. The van der Waals surface area contributed by atoms with E-state index in [0.29, 0.717) is 15.6 Å². The lowest BCUT2D eigenvalue weighted by Gasteiger charge is -2.14. The monoisotopic (exact) mass is 348 g/mol. The molecule has 2 aromatic rings. The molecule has 0 aliphatic rings. The molecule has 106 valence electrons. The van der Waals surface area contributed by atoms with Gasteiger partial charge in [-0.15, -0.1) is 0 Å². The standard InChI is InChI=1S/C14H9BrF4O/c15-12-7-10(16)5-6-11(12)13(20)8-1-3-9(4-2-8)14(17,18)19/h1-7,13,20H. The third-order valence-corrected chi connectivity index (χ3v) is 3.50. The fraction of sp³-hybridized carbons (Fsp3) is 0.143. The summed E-state index contributed by atoms with van der Waals surface area (Å²) in [4.78, 5) is 0. The van der Waals surface area contributed by atoms with Gasteiger partial charge >= 0.3 is 6.18 Å². The molecule has 6 heteroatoms. The van der Waals surface area contributed by atoms with Crippen molar-refractivity contribution in [3.05, 3.63) is 69.4 Å². The zero-order chi connectivity index (χ0) is 14.9. The first kappa shape index (κ1) is 15.0. The van der Waals surface area contributed by atoms with Gasteiger partial charge in [-0.3, -0.25) is 0 Å². The van der Waals surface area contributed by atoms with Crippen molar-refractivity contribution in [2.24, 2.45) is 0 Å². The zero-order valence-corrected chi connectivity index (χ0v) is 11.5. The Morgan fingerprint density at radius 3 is 2.10 bits per heavy atom. The third kappa shape index (κ3) is 3.19. The minimum absolute atomic E-state index is 0.297. The Labute approximate surface area is 121 Å². The van der Waals surface area contributed by atoms with Crippen molar-refractivity contribution < 1.29 is 22.7 Å². The predicted octanol–water partition coefficient (Wildman–Crippen LogP) is 4.69. The third-order valence-electron chi connectivity index (χ3n) is 2.81. The molecule has 0 bridgehead atoms. The average molecular weight is 349 g/mol. The van der Waals surface area contributed by atoms with Gasteiger partial charge in [-0.25, -0.2) is 4.39 Å². The van der Waals surface area contributed by atoms with Gasteiger partial charge in [0.15, 0.2) is 0 Å². The molecule has 1 N–H and O–H groups in total. The second-order valence-electron chi connectivity index (χ2n) is 4.19. The van der Waals surface area contributed by atoms with Crippen molar-refractivity contribution in [1.82, 2.24) is 0 Å². The lowest BCUT2D eigenvalue weighted by atomic mass is 10.0. The van der Waals surface area contributed by atoms with Gasteiger partial charge in [0.25, 0.3) is 0 Å². The summed E-state index contributed by atoms with van der Waals surface area (Å²) in [6, 6.07) is 7.93. The SMILES string of the molecule is OC(c1ccc(C(F)(F)F)cc1)c1ccc(F)cc1Br. The van der Waals surface area contributed by atoms with E-state index in [0.717, 1.165) is 12.1 Å². The maximum atomic E-state index is 13.0. The molecule has 0 aliphatic carbocycles. The molecule has 1 atom stereocenters. The van der Waals surface area contributed by atoms with E-state index in [1.807, 2.05) is 0 Å². The van der Waals surface area contributed by atoms with Crippen LogP contribution >= 0.6 is 15.9 Å². The normalized spacial score (nSPS) is 13.3. The van der Waals surface area contributed by atoms with Gasteiger partial charge in [0.2, 0.25) is 0 Å². The van der Waals surface area contributed by atoms with E-state index in [2.05, 4.69) is 15.9 Å². The Hall–Kier alpha value is -1.40. The smallest absolute Gasteiger partial charge is 0.384 e. The fourth-order valence-corrected chi connectivity index (χ4v) is 2.32. The predicted molar refractivity (Wildman–Crippen MR) is 69.6 cm³/mol. The zero-order valence-electron chi connectivity index (χ0n) is 9.96. The summed E-state index contributed by atoms with van der Waals surface area (Å²) in [5.74, 6) is -0.472. The number of aliphatic hydroxyl groups is 1. The van der Waals surface area contributed by atoms with Crippen LogP contribution in [-0.4, -0.2) is 5.11 Å².